The first-order chi connectivity index (χ1) is 10.4. The molecule has 1 aliphatic heterocycles. The van der Waals surface area contributed by atoms with Gasteiger partial charge in [0.05, 0.1) is 6.04 Å². The molecule has 1 atom stereocenters. The molecule has 22 heavy (non-hydrogen) atoms. The van der Waals surface area contributed by atoms with Crippen LogP contribution in [-0.4, -0.2) is 36.2 Å². The van der Waals surface area contributed by atoms with E-state index in [0.29, 0.717) is 13.1 Å². The monoisotopic (exact) mass is 302 g/mol. The Bertz CT molecular complexity index is 563. The minimum absolute atomic E-state index is 0.201. The molecule has 3 rings (SSSR count). The topological polar surface area (TPSA) is 41.6 Å². The zero-order valence-corrected chi connectivity index (χ0v) is 13.8. The molecule has 0 saturated carbocycles. The molecule has 1 aromatic carbocycles. The Kier molecular flexibility index (Phi) is 4.13. The number of hydrogen-bond acceptors (Lipinski definition) is 3. The van der Waals surface area contributed by atoms with E-state index in [1.807, 2.05) is 25.7 Å². The Labute approximate surface area is 132 Å². The number of carbonyl (C=O) groups is 1. The average Bonchev–Trinajstić information content (AvgIpc) is 2.93. The number of carbonyl (C=O) groups excluding carboxylic acids is 1. The fourth-order valence-electron chi connectivity index (χ4n) is 3.27. The summed E-state index contributed by atoms with van der Waals surface area (Å²) < 4.78 is 5.49. The number of rotatable bonds is 1. The van der Waals surface area contributed by atoms with Crippen LogP contribution in [0, 0.1) is 0 Å². The number of aryl methyl sites for hydroxylation is 2. The molecule has 0 radical (unpaired) electrons. The Morgan fingerprint density at radius 3 is 2.82 bits per heavy atom. The smallest absolute Gasteiger partial charge is 0.410 e. The molecule has 0 spiro atoms. The van der Waals surface area contributed by atoms with Gasteiger partial charge in [0.25, 0.3) is 0 Å². The lowest BCUT2D eigenvalue weighted by atomic mass is 9.99. The van der Waals surface area contributed by atoms with Crippen LogP contribution in [0.4, 0.5) is 4.79 Å². The Morgan fingerprint density at radius 2 is 2.05 bits per heavy atom. The summed E-state index contributed by atoms with van der Waals surface area (Å²) in [6.45, 7) is 7.91. The summed E-state index contributed by atoms with van der Waals surface area (Å²) in [4.78, 5) is 14.1. The van der Waals surface area contributed by atoms with Crippen LogP contribution in [0.15, 0.2) is 18.2 Å². The van der Waals surface area contributed by atoms with Crippen LogP contribution in [0.1, 0.15) is 49.9 Å². The minimum atomic E-state index is -0.439. The molecular formula is C18H26N2O2. The maximum absolute atomic E-state index is 12.3. The van der Waals surface area contributed by atoms with Gasteiger partial charge in [0.15, 0.2) is 0 Å². The normalized spacial score (nSPS) is 21.6. The van der Waals surface area contributed by atoms with E-state index in [2.05, 4.69) is 23.5 Å². The molecule has 1 aromatic rings. The molecule has 1 N–H and O–H groups in total. The Balaban J connectivity index is 1.69. The van der Waals surface area contributed by atoms with E-state index >= 15 is 0 Å². The quantitative estimate of drug-likeness (QED) is 0.867. The maximum Gasteiger partial charge on any atom is 0.410 e. The van der Waals surface area contributed by atoms with E-state index in [4.69, 9.17) is 4.74 Å². The van der Waals surface area contributed by atoms with Gasteiger partial charge < -0.3 is 15.0 Å². The highest BCUT2D eigenvalue weighted by Gasteiger charge is 2.28. The third kappa shape index (κ3) is 3.43. The lowest BCUT2D eigenvalue weighted by Crippen LogP contribution is -2.49. The second-order valence-electron chi connectivity index (χ2n) is 7.31. The van der Waals surface area contributed by atoms with Gasteiger partial charge in [0, 0.05) is 19.6 Å². The Morgan fingerprint density at radius 1 is 1.27 bits per heavy atom. The molecule has 1 fully saturated rings. The predicted molar refractivity (Wildman–Crippen MR) is 87.0 cm³/mol. The highest BCUT2D eigenvalue weighted by atomic mass is 16.6. The van der Waals surface area contributed by atoms with E-state index in [0.717, 1.165) is 6.54 Å². The summed E-state index contributed by atoms with van der Waals surface area (Å²) in [7, 11) is 0. The molecule has 0 bridgehead atoms. The van der Waals surface area contributed by atoms with Gasteiger partial charge in [0.1, 0.15) is 5.60 Å². The average molecular weight is 302 g/mol. The zero-order valence-electron chi connectivity index (χ0n) is 13.8. The van der Waals surface area contributed by atoms with Crippen LogP contribution in [-0.2, 0) is 17.6 Å². The predicted octanol–water partition coefficient (Wildman–Crippen LogP) is 3.06. The van der Waals surface area contributed by atoms with E-state index in [-0.39, 0.29) is 12.1 Å². The van der Waals surface area contributed by atoms with Crippen LogP contribution in [0.3, 0.4) is 0 Å². The number of piperazine rings is 1. The van der Waals surface area contributed by atoms with Gasteiger partial charge in [-0.25, -0.2) is 4.79 Å². The van der Waals surface area contributed by atoms with Crippen molar-refractivity contribution >= 4 is 6.09 Å². The van der Waals surface area contributed by atoms with Gasteiger partial charge in [-0.3, -0.25) is 0 Å². The molecule has 1 aliphatic carbocycles. The van der Waals surface area contributed by atoms with E-state index < -0.39 is 5.60 Å². The molecule has 1 heterocycles. The second kappa shape index (κ2) is 5.92. The molecular weight excluding hydrogens is 276 g/mol. The number of nitrogens with one attached hydrogen (secondary N) is 1. The van der Waals surface area contributed by atoms with Crippen molar-refractivity contribution in [3.63, 3.8) is 0 Å². The van der Waals surface area contributed by atoms with Crippen molar-refractivity contribution in [2.24, 2.45) is 0 Å². The van der Waals surface area contributed by atoms with Crippen molar-refractivity contribution in [3.05, 3.63) is 34.9 Å². The van der Waals surface area contributed by atoms with E-state index in [9.17, 15) is 4.79 Å². The van der Waals surface area contributed by atoms with Gasteiger partial charge in [0.2, 0.25) is 0 Å². The SMILES string of the molecule is CC(C)(C)OC(=O)N1CCNC(c2ccc3c(c2)CCC3)C1. The highest BCUT2D eigenvalue weighted by Crippen LogP contribution is 2.27. The molecule has 1 amide bonds. The van der Waals surface area contributed by atoms with Gasteiger partial charge in [-0.1, -0.05) is 18.2 Å². The molecule has 0 aromatic heterocycles. The summed E-state index contributed by atoms with van der Waals surface area (Å²) in [5, 5.41) is 3.52. The van der Waals surface area contributed by atoms with Crippen molar-refractivity contribution in [3.8, 4) is 0 Å². The number of hydrogen-bond donors (Lipinski definition) is 1. The van der Waals surface area contributed by atoms with Crippen molar-refractivity contribution in [2.45, 2.75) is 51.7 Å². The summed E-state index contributed by atoms with van der Waals surface area (Å²) in [6.07, 6.45) is 3.45. The maximum atomic E-state index is 12.3. The lowest BCUT2D eigenvalue weighted by Gasteiger charge is -2.35. The van der Waals surface area contributed by atoms with Crippen LogP contribution >= 0.6 is 0 Å². The molecule has 1 unspecified atom stereocenters. The molecule has 4 nitrogen and oxygen atoms in total. The van der Waals surface area contributed by atoms with Gasteiger partial charge in [-0.05, 0) is 56.7 Å². The number of nitrogens with zero attached hydrogens (tertiary/aromatic N) is 1. The first kappa shape index (κ1) is 15.3. The third-order valence-electron chi connectivity index (χ3n) is 4.35. The van der Waals surface area contributed by atoms with Crippen LogP contribution in [0.5, 0.6) is 0 Å². The number of amides is 1. The van der Waals surface area contributed by atoms with Crippen molar-refractivity contribution in [2.75, 3.05) is 19.6 Å². The molecule has 2 aliphatic rings. The summed E-state index contributed by atoms with van der Waals surface area (Å²) in [6, 6.07) is 6.98. The number of benzene rings is 1. The zero-order chi connectivity index (χ0) is 15.7. The lowest BCUT2D eigenvalue weighted by molar-refractivity contribution is 0.0195. The summed E-state index contributed by atoms with van der Waals surface area (Å²) in [5.74, 6) is 0. The largest absolute Gasteiger partial charge is 0.444 e. The van der Waals surface area contributed by atoms with Crippen molar-refractivity contribution in [1.82, 2.24) is 10.2 Å². The van der Waals surface area contributed by atoms with Crippen LogP contribution in [0.2, 0.25) is 0 Å². The minimum Gasteiger partial charge on any atom is -0.444 e. The molecule has 4 heteroatoms. The molecule has 120 valence electrons. The highest BCUT2D eigenvalue weighted by molar-refractivity contribution is 5.68. The third-order valence-corrected chi connectivity index (χ3v) is 4.35. The van der Waals surface area contributed by atoms with E-state index in [1.54, 1.807) is 0 Å². The van der Waals surface area contributed by atoms with Crippen molar-refractivity contribution in [1.29, 1.82) is 0 Å². The van der Waals surface area contributed by atoms with Gasteiger partial charge >= 0.3 is 6.09 Å². The van der Waals surface area contributed by atoms with E-state index in [1.165, 1.54) is 36.0 Å². The van der Waals surface area contributed by atoms with Gasteiger partial charge in [-0.15, -0.1) is 0 Å². The van der Waals surface area contributed by atoms with Crippen LogP contribution < -0.4 is 5.32 Å². The van der Waals surface area contributed by atoms with Gasteiger partial charge in [-0.2, -0.15) is 0 Å². The number of fused-ring (bicyclic) bond motifs is 1. The van der Waals surface area contributed by atoms with Crippen LogP contribution in [0.25, 0.3) is 0 Å². The summed E-state index contributed by atoms with van der Waals surface area (Å²) in [5.41, 5.74) is 3.82. The fraction of sp³-hybridized carbons (Fsp3) is 0.611. The molecule has 1 saturated heterocycles. The first-order valence-electron chi connectivity index (χ1n) is 8.25. The fourth-order valence-corrected chi connectivity index (χ4v) is 3.27. The summed E-state index contributed by atoms with van der Waals surface area (Å²) >= 11 is 0. The van der Waals surface area contributed by atoms with Crippen molar-refractivity contribution < 1.29 is 9.53 Å². The standard InChI is InChI=1S/C18H26N2O2/c1-18(2,3)22-17(21)20-10-9-19-16(12-20)15-8-7-13-5-4-6-14(13)11-15/h7-8,11,16,19H,4-6,9-10,12H2,1-3H3. The second-order valence-corrected chi connectivity index (χ2v) is 7.31. The first-order valence-corrected chi connectivity index (χ1v) is 8.25. The number of ether oxygens (including phenoxy) is 1. The Hall–Kier alpha value is -1.55.